The first-order valence-electron chi connectivity index (χ1n) is 18.3. The van der Waals surface area contributed by atoms with Gasteiger partial charge < -0.3 is 8.39 Å². The molecule has 0 fully saturated rings. The Kier molecular flexibility index (Phi) is 11.3. The predicted octanol–water partition coefficient (Wildman–Crippen LogP) is 13.1. The van der Waals surface area contributed by atoms with Crippen LogP contribution in [-0.4, -0.2) is 12.8 Å². The molecule has 1 atom stereocenters. The fourth-order valence-corrected chi connectivity index (χ4v) is 10.0. The van der Waals surface area contributed by atoms with Crippen LogP contribution in [0.2, 0.25) is 0 Å². The van der Waals surface area contributed by atoms with Crippen molar-refractivity contribution < 1.29 is 12.9 Å². The van der Waals surface area contributed by atoms with E-state index in [1.165, 1.54) is 32.9 Å². The van der Waals surface area contributed by atoms with Gasteiger partial charge in [0.15, 0.2) is 0 Å². The van der Waals surface area contributed by atoms with Crippen molar-refractivity contribution in [3.05, 3.63) is 107 Å². The highest BCUT2D eigenvalue weighted by molar-refractivity contribution is 7.73. The van der Waals surface area contributed by atoms with E-state index in [0.29, 0.717) is 12.5 Å². The molecule has 0 N–H and O–H groups in total. The van der Waals surface area contributed by atoms with Crippen LogP contribution in [0, 0.1) is 5.92 Å². The van der Waals surface area contributed by atoms with Gasteiger partial charge in [-0.2, -0.15) is 0 Å². The van der Waals surface area contributed by atoms with Gasteiger partial charge in [0.05, 0.1) is 6.61 Å². The molecule has 0 radical (unpaired) electrons. The standard InChI is InChI=1S/C45H60O3P2/c1-31(30-49(34-20-16-14-17-21-34)35-22-18-15-19-23-35)24-25-46-50-47-40-36(26-32(42(2,3)4)28-38(40)44(8,9)10)37-27-33(43(5,6)7)29-39(41(37)48-50)45(11,12)13/h14-23,26-29,31H,24-25,30H2,1-13H3. The van der Waals surface area contributed by atoms with Crippen LogP contribution in [0.1, 0.15) is 119 Å². The monoisotopic (exact) mass is 710 g/mol. The lowest BCUT2D eigenvalue weighted by molar-refractivity contribution is 0.340. The molecule has 5 rings (SSSR count). The molecular weight excluding hydrogens is 650 g/mol. The van der Waals surface area contributed by atoms with Crippen LogP contribution in [0.5, 0.6) is 0 Å². The highest BCUT2D eigenvalue weighted by atomic mass is 31.1. The first kappa shape index (κ1) is 38.4. The van der Waals surface area contributed by atoms with E-state index >= 15 is 0 Å². The smallest absolute Gasteiger partial charge is 0.387 e. The van der Waals surface area contributed by atoms with E-state index in [0.717, 1.165) is 34.5 Å². The topological polar surface area (TPSA) is 35.5 Å². The lowest BCUT2D eigenvalue weighted by Gasteiger charge is -2.27. The van der Waals surface area contributed by atoms with Gasteiger partial charge in [0.2, 0.25) is 0 Å². The summed E-state index contributed by atoms with van der Waals surface area (Å²) >= 11 is 0. The molecule has 3 nitrogen and oxygen atoms in total. The Morgan fingerprint density at radius 3 is 1.34 bits per heavy atom. The third kappa shape index (κ3) is 8.96. The Bertz CT molecular complexity index is 1810. The molecule has 1 unspecified atom stereocenters. The number of fused-ring (bicyclic) bond motifs is 3. The van der Waals surface area contributed by atoms with Crippen molar-refractivity contribution in [1.29, 1.82) is 0 Å². The SMILES string of the molecule is CC(CCOp1oc2c(C(C)(C)C)cc(C(C)(C)C)cc2c2cc(C(C)(C)C)cc(C(C)(C)C)c2o1)CP(c1ccccc1)c1ccccc1. The normalized spacial score (nSPS) is 13.7. The molecule has 5 heteroatoms. The highest BCUT2D eigenvalue weighted by Crippen LogP contribution is 2.45. The van der Waals surface area contributed by atoms with Crippen LogP contribution in [0.4, 0.5) is 0 Å². The van der Waals surface area contributed by atoms with Crippen LogP contribution in [0.15, 0.2) is 93.3 Å². The van der Waals surface area contributed by atoms with Gasteiger partial charge >= 0.3 is 8.24 Å². The van der Waals surface area contributed by atoms with Gasteiger partial charge in [-0.1, -0.05) is 163 Å². The third-order valence-corrected chi connectivity index (χ3v) is 13.5. The summed E-state index contributed by atoms with van der Waals surface area (Å²) in [7, 11) is -2.18. The Morgan fingerprint density at radius 2 is 0.980 bits per heavy atom. The van der Waals surface area contributed by atoms with E-state index < -0.39 is 16.2 Å². The van der Waals surface area contributed by atoms with Crippen molar-refractivity contribution in [2.75, 3.05) is 12.8 Å². The molecule has 0 spiro atoms. The summed E-state index contributed by atoms with van der Waals surface area (Å²) < 4.78 is 20.7. The Morgan fingerprint density at radius 1 is 0.580 bits per heavy atom. The van der Waals surface area contributed by atoms with Gasteiger partial charge in [0.1, 0.15) is 11.2 Å². The summed E-state index contributed by atoms with van der Waals surface area (Å²) in [4.78, 5) is 0. The second-order valence-corrected chi connectivity index (χ2v) is 21.5. The summed E-state index contributed by atoms with van der Waals surface area (Å²) in [6, 6.07) is 31.4. The molecule has 0 aliphatic rings. The van der Waals surface area contributed by atoms with Crippen LogP contribution in [0.3, 0.4) is 0 Å². The van der Waals surface area contributed by atoms with Crippen LogP contribution < -0.4 is 15.1 Å². The average Bonchev–Trinajstić information content (AvgIpc) is 3.18. The van der Waals surface area contributed by atoms with Crippen molar-refractivity contribution in [2.45, 2.75) is 118 Å². The Balaban J connectivity index is 1.63. The highest BCUT2D eigenvalue weighted by Gasteiger charge is 2.29. The molecule has 0 aliphatic heterocycles. The zero-order valence-electron chi connectivity index (χ0n) is 32.9. The van der Waals surface area contributed by atoms with E-state index in [1.807, 2.05) is 0 Å². The Labute approximate surface area is 304 Å². The zero-order valence-corrected chi connectivity index (χ0v) is 34.7. The third-order valence-electron chi connectivity index (χ3n) is 9.59. The predicted molar refractivity (Wildman–Crippen MR) is 220 cm³/mol. The molecule has 1 aromatic heterocycles. The van der Waals surface area contributed by atoms with Crippen LogP contribution >= 0.6 is 16.2 Å². The summed E-state index contributed by atoms with van der Waals surface area (Å²) in [5.41, 5.74) is 6.40. The maximum Gasteiger partial charge on any atom is 0.387 e. The van der Waals surface area contributed by atoms with Crippen molar-refractivity contribution in [1.82, 2.24) is 0 Å². The van der Waals surface area contributed by atoms with Crippen molar-refractivity contribution >= 4 is 48.7 Å². The molecule has 1 heterocycles. The second-order valence-electron chi connectivity index (χ2n) is 18.2. The quantitative estimate of drug-likeness (QED) is 0.150. The van der Waals surface area contributed by atoms with Gasteiger partial charge in [-0.25, -0.2) is 0 Å². The van der Waals surface area contributed by atoms with E-state index in [1.54, 1.807) is 0 Å². The second kappa shape index (κ2) is 14.7. The average molecular weight is 711 g/mol. The molecule has 0 saturated carbocycles. The number of hydrogen-bond donors (Lipinski definition) is 0. The minimum Gasteiger partial charge on any atom is -0.399 e. The van der Waals surface area contributed by atoms with E-state index in [4.69, 9.17) is 12.9 Å². The van der Waals surface area contributed by atoms with Crippen LogP contribution in [0.25, 0.3) is 21.9 Å². The fourth-order valence-electron chi connectivity index (χ4n) is 6.36. The molecule has 0 amide bonds. The first-order chi connectivity index (χ1) is 23.2. The zero-order chi connectivity index (χ0) is 36.6. The van der Waals surface area contributed by atoms with Crippen molar-refractivity contribution in [3.8, 4) is 0 Å². The Hall–Kier alpha value is -2.83. The molecule has 50 heavy (non-hydrogen) atoms. The van der Waals surface area contributed by atoms with Gasteiger partial charge in [0, 0.05) is 21.9 Å². The van der Waals surface area contributed by atoms with Crippen molar-refractivity contribution in [3.63, 3.8) is 0 Å². The molecular formula is C45H60O3P2. The molecule has 268 valence electrons. The molecule has 5 aromatic rings. The minimum absolute atomic E-state index is 0.0346. The van der Waals surface area contributed by atoms with Gasteiger partial charge in [0.25, 0.3) is 0 Å². The summed E-state index contributed by atoms with van der Waals surface area (Å²) in [6.45, 7) is 30.3. The molecule has 4 aromatic carbocycles. The maximum absolute atomic E-state index is 6.98. The van der Waals surface area contributed by atoms with Gasteiger partial charge in [-0.3, -0.25) is 4.52 Å². The van der Waals surface area contributed by atoms with Gasteiger partial charge in [-0.05, 0) is 82.0 Å². The van der Waals surface area contributed by atoms with E-state index in [9.17, 15) is 0 Å². The first-order valence-corrected chi connectivity index (χ1v) is 20.9. The largest absolute Gasteiger partial charge is 0.399 e. The molecule has 0 bridgehead atoms. The lowest BCUT2D eigenvalue weighted by atomic mass is 9.77. The molecule has 0 aliphatic carbocycles. The van der Waals surface area contributed by atoms with E-state index in [-0.39, 0.29) is 21.7 Å². The number of hydrogen-bond acceptors (Lipinski definition) is 3. The molecule has 0 saturated heterocycles. The maximum atomic E-state index is 6.98. The van der Waals surface area contributed by atoms with Crippen molar-refractivity contribution in [2.24, 2.45) is 5.92 Å². The van der Waals surface area contributed by atoms with Crippen LogP contribution in [-0.2, 0) is 21.7 Å². The fraction of sp³-hybridized carbons (Fsp3) is 0.467. The number of benzene rings is 4. The summed E-state index contributed by atoms with van der Waals surface area (Å²) in [6.07, 6.45) is 2.03. The van der Waals surface area contributed by atoms with E-state index in [2.05, 4.69) is 175 Å². The number of rotatable bonds is 8. The summed E-state index contributed by atoms with van der Waals surface area (Å²) in [5.74, 6) is 0.460. The van der Waals surface area contributed by atoms with Gasteiger partial charge in [-0.15, -0.1) is 0 Å². The summed E-state index contributed by atoms with van der Waals surface area (Å²) in [5, 5.41) is 5.05. The lowest BCUT2D eigenvalue weighted by Crippen LogP contribution is -2.18. The minimum atomic E-state index is -1.71.